The lowest BCUT2D eigenvalue weighted by atomic mass is 10.2. The number of rotatable bonds is 8. The van der Waals surface area contributed by atoms with Crippen LogP contribution >= 0.6 is 27.3 Å². The Bertz CT molecular complexity index is 958. The summed E-state index contributed by atoms with van der Waals surface area (Å²) in [5.74, 6) is 1.37. The van der Waals surface area contributed by atoms with E-state index in [-0.39, 0.29) is 5.91 Å². The zero-order valence-corrected chi connectivity index (χ0v) is 18.8. The summed E-state index contributed by atoms with van der Waals surface area (Å²) in [7, 11) is 7.23. The molecule has 0 bridgehead atoms. The first-order chi connectivity index (χ1) is 13.4. The molecule has 0 saturated heterocycles. The van der Waals surface area contributed by atoms with E-state index in [4.69, 9.17) is 9.47 Å². The smallest absolute Gasteiger partial charge is 0.268 e. The number of amides is 1. The number of benzene rings is 1. The lowest BCUT2D eigenvalue weighted by molar-refractivity contribution is 0.0942. The van der Waals surface area contributed by atoms with Gasteiger partial charge >= 0.3 is 0 Å². The SMILES string of the molecule is COc1cc(Cn2c(C(=O)NCCN(C)C)cc3sc(Br)cc32)cc(OC)c1. The standard InChI is InChI=1S/C20H24BrN3O3S/c1-23(2)6-5-22-20(25)17-10-18-16(11-19(21)28-18)24(17)12-13-7-14(26-3)9-15(8-13)27-4/h7-11H,5-6,12H2,1-4H3,(H,22,25). The van der Waals surface area contributed by atoms with E-state index in [0.717, 1.165) is 37.6 Å². The summed E-state index contributed by atoms with van der Waals surface area (Å²) in [5.41, 5.74) is 2.67. The Morgan fingerprint density at radius 3 is 2.43 bits per heavy atom. The van der Waals surface area contributed by atoms with Crippen molar-refractivity contribution in [2.75, 3.05) is 41.4 Å². The average Bonchev–Trinajstić information content (AvgIpc) is 3.18. The van der Waals surface area contributed by atoms with Crippen LogP contribution in [0, 0.1) is 0 Å². The molecular weight excluding hydrogens is 442 g/mol. The highest BCUT2D eigenvalue weighted by molar-refractivity contribution is 9.11. The molecule has 2 aromatic heterocycles. The largest absolute Gasteiger partial charge is 0.497 e. The fourth-order valence-corrected chi connectivity index (χ4v) is 4.56. The zero-order valence-electron chi connectivity index (χ0n) is 16.4. The van der Waals surface area contributed by atoms with Crippen molar-refractivity contribution < 1.29 is 14.3 Å². The van der Waals surface area contributed by atoms with Gasteiger partial charge in [0.1, 0.15) is 17.2 Å². The van der Waals surface area contributed by atoms with Gasteiger partial charge in [0.2, 0.25) is 0 Å². The van der Waals surface area contributed by atoms with Crippen LogP contribution in [0.5, 0.6) is 11.5 Å². The third-order valence-corrected chi connectivity index (χ3v) is 5.96. The lowest BCUT2D eigenvalue weighted by Gasteiger charge is -2.14. The van der Waals surface area contributed by atoms with Crippen molar-refractivity contribution >= 4 is 43.4 Å². The van der Waals surface area contributed by atoms with Crippen LogP contribution in [0.4, 0.5) is 0 Å². The van der Waals surface area contributed by atoms with Gasteiger partial charge in [0, 0.05) is 25.7 Å². The quantitative estimate of drug-likeness (QED) is 0.549. The van der Waals surface area contributed by atoms with E-state index in [1.54, 1.807) is 25.6 Å². The number of methoxy groups -OCH3 is 2. The summed E-state index contributed by atoms with van der Waals surface area (Å²) in [4.78, 5) is 14.9. The Labute approximate surface area is 177 Å². The first-order valence-corrected chi connectivity index (χ1v) is 10.5. The molecule has 0 aliphatic heterocycles. The number of halogens is 1. The first kappa shape index (κ1) is 20.7. The Balaban J connectivity index is 1.95. The topological polar surface area (TPSA) is 55.7 Å². The fraction of sp³-hybridized carbons (Fsp3) is 0.350. The van der Waals surface area contributed by atoms with Gasteiger partial charge in [0.05, 0.1) is 28.2 Å². The lowest BCUT2D eigenvalue weighted by Crippen LogP contribution is -2.32. The molecule has 0 fully saturated rings. The molecule has 3 aromatic rings. The summed E-state index contributed by atoms with van der Waals surface area (Å²) >= 11 is 5.16. The molecule has 0 aliphatic carbocycles. The molecule has 6 nitrogen and oxygen atoms in total. The minimum Gasteiger partial charge on any atom is -0.497 e. The van der Waals surface area contributed by atoms with E-state index in [1.165, 1.54) is 0 Å². The van der Waals surface area contributed by atoms with Gasteiger partial charge in [-0.3, -0.25) is 4.79 Å². The maximum absolute atomic E-state index is 12.8. The van der Waals surface area contributed by atoms with Crippen molar-refractivity contribution in [1.82, 2.24) is 14.8 Å². The van der Waals surface area contributed by atoms with Crippen molar-refractivity contribution in [3.8, 4) is 11.5 Å². The summed E-state index contributed by atoms with van der Waals surface area (Å²) in [6, 6.07) is 9.76. The van der Waals surface area contributed by atoms with Crippen molar-refractivity contribution in [3.63, 3.8) is 0 Å². The zero-order chi connectivity index (χ0) is 20.3. The van der Waals surface area contributed by atoms with Crippen LogP contribution < -0.4 is 14.8 Å². The molecule has 1 amide bonds. The minimum atomic E-state index is -0.0729. The maximum Gasteiger partial charge on any atom is 0.268 e. The Hall–Kier alpha value is -2.03. The van der Waals surface area contributed by atoms with Gasteiger partial charge in [-0.2, -0.15) is 0 Å². The minimum absolute atomic E-state index is 0.0729. The van der Waals surface area contributed by atoms with E-state index in [2.05, 4.69) is 21.2 Å². The number of carbonyl (C=O) groups is 1. The van der Waals surface area contributed by atoms with Gasteiger partial charge < -0.3 is 24.3 Å². The van der Waals surface area contributed by atoms with Gasteiger partial charge in [-0.05, 0) is 59.9 Å². The molecule has 0 unspecified atom stereocenters. The Morgan fingerprint density at radius 1 is 1.14 bits per heavy atom. The molecule has 150 valence electrons. The number of hydrogen-bond donors (Lipinski definition) is 1. The van der Waals surface area contributed by atoms with Gasteiger partial charge in [-0.15, -0.1) is 11.3 Å². The summed E-state index contributed by atoms with van der Waals surface area (Å²) in [6.07, 6.45) is 0. The number of hydrogen-bond acceptors (Lipinski definition) is 5. The summed E-state index contributed by atoms with van der Waals surface area (Å²) < 4.78 is 14.9. The molecule has 1 N–H and O–H groups in total. The van der Waals surface area contributed by atoms with Gasteiger partial charge in [-0.25, -0.2) is 0 Å². The molecule has 0 atom stereocenters. The molecule has 3 rings (SSSR count). The van der Waals surface area contributed by atoms with Crippen LogP contribution in [0.25, 0.3) is 10.2 Å². The number of thiophene rings is 1. The molecule has 0 radical (unpaired) electrons. The monoisotopic (exact) mass is 465 g/mol. The Morgan fingerprint density at radius 2 is 1.82 bits per heavy atom. The van der Waals surface area contributed by atoms with Gasteiger partial charge in [-0.1, -0.05) is 0 Å². The van der Waals surface area contributed by atoms with Crippen molar-refractivity contribution in [2.24, 2.45) is 0 Å². The van der Waals surface area contributed by atoms with E-state index in [1.807, 2.05) is 53.9 Å². The fourth-order valence-electron chi connectivity index (χ4n) is 2.99. The predicted octanol–water partition coefficient (Wildman–Crippen LogP) is 3.82. The third-order valence-electron chi connectivity index (χ3n) is 4.39. The number of ether oxygens (including phenoxy) is 2. The maximum atomic E-state index is 12.8. The number of carbonyl (C=O) groups excluding carboxylic acids is 1. The summed E-state index contributed by atoms with van der Waals surface area (Å²) in [5, 5.41) is 3.01. The molecule has 2 heterocycles. The van der Waals surface area contributed by atoms with E-state index < -0.39 is 0 Å². The van der Waals surface area contributed by atoms with Gasteiger partial charge in [0.15, 0.2) is 0 Å². The number of nitrogens with zero attached hydrogens (tertiary/aromatic N) is 2. The Kier molecular flexibility index (Phi) is 6.64. The highest BCUT2D eigenvalue weighted by atomic mass is 79.9. The second-order valence-corrected chi connectivity index (χ2v) is 9.16. The van der Waals surface area contributed by atoms with Crippen LogP contribution in [0.1, 0.15) is 16.1 Å². The normalized spacial score (nSPS) is 11.2. The molecular formula is C20H24BrN3O3S. The molecule has 0 spiro atoms. The number of fused-ring (bicyclic) bond motifs is 1. The van der Waals surface area contributed by atoms with Crippen LogP contribution in [-0.2, 0) is 6.54 Å². The predicted molar refractivity (Wildman–Crippen MR) is 117 cm³/mol. The molecule has 28 heavy (non-hydrogen) atoms. The van der Waals surface area contributed by atoms with E-state index in [9.17, 15) is 4.79 Å². The van der Waals surface area contributed by atoms with Crippen LogP contribution in [0.15, 0.2) is 34.1 Å². The number of nitrogens with one attached hydrogen (secondary N) is 1. The third kappa shape index (κ3) is 4.68. The highest BCUT2D eigenvalue weighted by Gasteiger charge is 2.18. The van der Waals surface area contributed by atoms with Gasteiger partial charge in [0.25, 0.3) is 5.91 Å². The van der Waals surface area contributed by atoms with Crippen molar-refractivity contribution in [1.29, 1.82) is 0 Å². The second-order valence-electron chi connectivity index (χ2n) is 6.70. The van der Waals surface area contributed by atoms with E-state index >= 15 is 0 Å². The van der Waals surface area contributed by atoms with E-state index in [0.29, 0.717) is 18.8 Å². The van der Waals surface area contributed by atoms with Crippen molar-refractivity contribution in [2.45, 2.75) is 6.54 Å². The van der Waals surface area contributed by atoms with Crippen molar-refractivity contribution in [3.05, 3.63) is 45.4 Å². The number of aromatic nitrogens is 1. The highest BCUT2D eigenvalue weighted by Crippen LogP contribution is 2.33. The first-order valence-electron chi connectivity index (χ1n) is 8.84. The van der Waals surface area contributed by atoms with Crippen LogP contribution in [0.2, 0.25) is 0 Å². The molecule has 0 saturated carbocycles. The van der Waals surface area contributed by atoms with Crippen LogP contribution in [-0.4, -0.2) is 56.8 Å². The molecule has 8 heteroatoms. The molecule has 1 aromatic carbocycles. The van der Waals surface area contributed by atoms with Crippen LogP contribution in [0.3, 0.4) is 0 Å². The average molecular weight is 466 g/mol. The molecule has 0 aliphatic rings. The number of likely N-dealkylation sites (N-methyl/N-ethyl adjacent to an activating group) is 1. The second kappa shape index (κ2) is 8.98. The summed E-state index contributed by atoms with van der Waals surface area (Å²) in [6.45, 7) is 1.93.